The molecule has 3 rings (SSSR count). The summed E-state index contributed by atoms with van der Waals surface area (Å²) in [5, 5.41) is 14.9. The summed E-state index contributed by atoms with van der Waals surface area (Å²) in [5.41, 5.74) is 1.19. The number of methoxy groups -OCH3 is 2. The number of rotatable bonds is 24. The Hall–Kier alpha value is -3.23. The lowest BCUT2D eigenvalue weighted by atomic mass is 9.82. The Labute approximate surface area is 326 Å². The first-order chi connectivity index (χ1) is 25.8. The number of aromatic nitrogens is 1. The SMILES string of the molecule is CC[C@H](C)[C@H](CC(=O)[C@H]1CCCCN1C)C(=O)N(CCOC)[C@H](C[C@@H](OCOC)c1nc(C(=O)N[C@@H](Cc2ccccc2)C[C@H](C)C(=O)O)cs1)C(C)C. The number of nitrogens with zero attached hydrogens (tertiary/aromatic N) is 3. The maximum Gasteiger partial charge on any atom is 0.306 e. The Bertz CT molecular complexity index is 1460. The summed E-state index contributed by atoms with van der Waals surface area (Å²) in [4.78, 5) is 62.5. The number of ether oxygens (including phenoxy) is 3. The normalized spacial score (nSPS) is 18.4. The first-order valence-corrected chi connectivity index (χ1v) is 20.3. The van der Waals surface area contributed by atoms with E-state index < -0.39 is 35.9 Å². The minimum atomic E-state index is -0.923. The molecule has 13 heteroatoms. The maximum atomic E-state index is 14.7. The van der Waals surface area contributed by atoms with Crippen LogP contribution in [-0.2, 0) is 35.0 Å². The number of carboxylic acids is 1. The number of nitrogens with one attached hydrogen (secondary N) is 1. The second-order valence-corrected chi connectivity index (χ2v) is 16.1. The largest absolute Gasteiger partial charge is 0.481 e. The highest BCUT2D eigenvalue weighted by molar-refractivity contribution is 7.09. The number of Topliss-reactive ketones (excluding diaryl/α,β-unsaturated/α-hetero) is 1. The van der Waals surface area contributed by atoms with Gasteiger partial charge in [0.25, 0.3) is 5.91 Å². The van der Waals surface area contributed by atoms with Gasteiger partial charge in [0.15, 0.2) is 5.78 Å². The van der Waals surface area contributed by atoms with Crippen LogP contribution in [0.1, 0.15) is 107 Å². The molecule has 1 aliphatic heterocycles. The van der Waals surface area contributed by atoms with Crippen LogP contribution in [0.15, 0.2) is 35.7 Å². The fourth-order valence-electron chi connectivity index (χ4n) is 7.28. The fraction of sp³-hybridized carbons (Fsp3) is 0.683. The van der Waals surface area contributed by atoms with Crippen LogP contribution in [0.2, 0.25) is 0 Å². The topological polar surface area (TPSA) is 148 Å². The highest BCUT2D eigenvalue weighted by atomic mass is 32.1. The number of carbonyl (C=O) groups excluding carboxylic acids is 3. The van der Waals surface area contributed by atoms with E-state index in [-0.39, 0.29) is 60.9 Å². The van der Waals surface area contributed by atoms with Gasteiger partial charge in [0.2, 0.25) is 5.91 Å². The molecule has 2 N–H and O–H groups in total. The van der Waals surface area contributed by atoms with Gasteiger partial charge in [0, 0.05) is 57.0 Å². The summed E-state index contributed by atoms with van der Waals surface area (Å²) in [6.45, 7) is 11.4. The van der Waals surface area contributed by atoms with Crippen molar-refractivity contribution in [1.82, 2.24) is 20.1 Å². The predicted octanol–water partition coefficient (Wildman–Crippen LogP) is 6.25. The number of hydrogen-bond acceptors (Lipinski definition) is 10. The number of ketones is 1. The van der Waals surface area contributed by atoms with Crippen LogP contribution in [0, 0.1) is 23.7 Å². The highest BCUT2D eigenvalue weighted by Gasteiger charge is 2.38. The van der Waals surface area contributed by atoms with Crippen LogP contribution in [-0.4, -0.2) is 109 Å². The predicted molar refractivity (Wildman–Crippen MR) is 210 cm³/mol. The molecular weight excluding hydrogens is 709 g/mol. The summed E-state index contributed by atoms with van der Waals surface area (Å²) in [7, 11) is 5.15. The van der Waals surface area contributed by atoms with Crippen molar-refractivity contribution in [3.63, 3.8) is 0 Å². The molecule has 0 bridgehead atoms. The minimum absolute atomic E-state index is 0.00187. The Kier molecular flexibility index (Phi) is 19.2. The summed E-state index contributed by atoms with van der Waals surface area (Å²) in [6, 6.07) is 8.75. The Balaban J connectivity index is 1.88. The average Bonchev–Trinajstić information content (AvgIpc) is 3.65. The highest BCUT2D eigenvalue weighted by Crippen LogP contribution is 2.33. The third-order valence-electron chi connectivity index (χ3n) is 10.8. The zero-order chi connectivity index (χ0) is 39.8. The molecule has 2 heterocycles. The lowest BCUT2D eigenvalue weighted by Crippen LogP contribution is -2.50. The molecule has 2 aromatic rings. The van der Waals surface area contributed by atoms with Crippen LogP contribution in [0.3, 0.4) is 0 Å². The van der Waals surface area contributed by atoms with Crippen molar-refractivity contribution in [2.45, 2.75) is 110 Å². The van der Waals surface area contributed by atoms with Gasteiger partial charge in [-0.2, -0.15) is 0 Å². The third-order valence-corrected chi connectivity index (χ3v) is 11.7. The van der Waals surface area contributed by atoms with Gasteiger partial charge in [-0.3, -0.25) is 24.1 Å². The lowest BCUT2D eigenvalue weighted by Gasteiger charge is -2.40. The van der Waals surface area contributed by atoms with E-state index in [0.717, 1.165) is 37.8 Å². The fourth-order valence-corrected chi connectivity index (χ4v) is 8.14. The summed E-state index contributed by atoms with van der Waals surface area (Å²) in [5.74, 6) is -2.37. The Morgan fingerprint density at radius 1 is 1.06 bits per heavy atom. The van der Waals surface area contributed by atoms with Gasteiger partial charge in [-0.1, -0.05) is 77.8 Å². The van der Waals surface area contributed by atoms with E-state index in [0.29, 0.717) is 31.0 Å². The maximum absolute atomic E-state index is 14.7. The Morgan fingerprint density at radius 3 is 2.39 bits per heavy atom. The van der Waals surface area contributed by atoms with Crippen molar-refractivity contribution in [1.29, 1.82) is 0 Å². The van der Waals surface area contributed by atoms with Crippen LogP contribution in [0.25, 0.3) is 0 Å². The van der Waals surface area contributed by atoms with Crippen molar-refractivity contribution < 1.29 is 38.5 Å². The van der Waals surface area contributed by atoms with E-state index in [1.807, 2.05) is 42.3 Å². The van der Waals surface area contributed by atoms with Gasteiger partial charge in [-0.15, -0.1) is 11.3 Å². The molecule has 7 atom stereocenters. The summed E-state index contributed by atoms with van der Waals surface area (Å²) >= 11 is 1.29. The van der Waals surface area contributed by atoms with E-state index in [1.54, 1.807) is 19.4 Å². The van der Waals surface area contributed by atoms with E-state index in [9.17, 15) is 24.3 Å². The van der Waals surface area contributed by atoms with Crippen molar-refractivity contribution in [2.24, 2.45) is 23.7 Å². The zero-order valence-electron chi connectivity index (χ0n) is 33.6. The molecule has 0 spiro atoms. The molecule has 12 nitrogen and oxygen atoms in total. The molecule has 54 heavy (non-hydrogen) atoms. The number of likely N-dealkylation sites (N-methyl/N-ethyl adjacent to an activating group) is 1. The standard InChI is InChI=1S/C41H64N4O8S/c1-9-28(4)32(23-36(46)34-17-13-14-18-44(34)6)40(48)45(19-20-51-7)35(27(2)3)24-37(53-26-52-8)39-43-33(25-54-39)38(47)42-31(21-29(5)41(49)50)22-30-15-11-10-12-16-30/h10-12,15-16,25,27-29,31-32,34-35,37H,9,13-14,17-24,26H2,1-8H3,(H,42,47)(H,49,50)/t28-,29-,31+,32-,34+,35+,37+/m0/s1. The van der Waals surface area contributed by atoms with Crippen molar-refractivity contribution in [3.8, 4) is 0 Å². The number of hydrogen-bond donors (Lipinski definition) is 2. The number of aliphatic carboxylic acids is 1. The number of thiazole rings is 1. The van der Waals surface area contributed by atoms with Gasteiger partial charge in [-0.05, 0) is 56.7 Å². The number of carbonyl (C=O) groups is 4. The monoisotopic (exact) mass is 772 g/mol. The zero-order valence-corrected chi connectivity index (χ0v) is 34.4. The molecular formula is C41H64N4O8S. The van der Waals surface area contributed by atoms with Gasteiger partial charge < -0.3 is 29.5 Å². The molecule has 302 valence electrons. The molecule has 0 radical (unpaired) electrons. The first kappa shape index (κ1) is 45.2. The smallest absolute Gasteiger partial charge is 0.306 e. The first-order valence-electron chi connectivity index (χ1n) is 19.5. The number of benzene rings is 1. The minimum Gasteiger partial charge on any atom is -0.481 e. The third kappa shape index (κ3) is 13.5. The molecule has 2 amide bonds. The average molecular weight is 773 g/mol. The quantitative estimate of drug-likeness (QED) is 0.117. The van der Waals surface area contributed by atoms with Crippen LogP contribution >= 0.6 is 11.3 Å². The molecule has 1 saturated heterocycles. The van der Waals surface area contributed by atoms with Crippen molar-refractivity contribution in [3.05, 3.63) is 52.0 Å². The van der Waals surface area contributed by atoms with Gasteiger partial charge in [0.05, 0.1) is 18.6 Å². The molecule has 1 aliphatic rings. The van der Waals surface area contributed by atoms with Crippen LogP contribution in [0.4, 0.5) is 0 Å². The summed E-state index contributed by atoms with van der Waals surface area (Å²) in [6.07, 6.45) is 4.38. The van der Waals surface area contributed by atoms with E-state index in [2.05, 4.69) is 37.9 Å². The molecule has 0 saturated carbocycles. The van der Waals surface area contributed by atoms with Crippen LogP contribution in [0.5, 0.6) is 0 Å². The lowest BCUT2D eigenvalue weighted by molar-refractivity contribution is -0.146. The number of amides is 2. The van der Waals surface area contributed by atoms with Crippen LogP contribution < -0.4 is 5.32 Å². The number of likely N-dealkylation sites (tertiary alicyclic amines) is 1. The van der Waals surface area contributed by atoms with Crippen molar-refractivity contribution >= 4 is 34.9 Å². The second kappa shape index (κ2) is 23.0. The van der Waals surface area contributed by atoms with E-state index in [4.69, 9.17) is 19.2 Å². The Morgan fingerprint density at radius 2 is 1.78 bits per heavy atom. The van der Waals surface area contributed by atoms with Gasteiger partial charge in [-0.25, -0.2) is 4.98 Å². The number of carboxylic acid groups (broad SMARTS) is 1. The molecule has 1 aromatic carbocycles. The van der Waals surface area contributed by atoms with Gasteiger partial charge >= 0.3 is 5.97 Å². The number of piperidine rings is 1. The molecule has 1 fully saturated rings. The van der Waals surface area contributed by atoms with E-state index >= 15 is 0 Å². The van der Waals surface area contributed by atoms with Crippen molar-refractivity contribution in [2.75, 3.05) is 47.8 Å². The van der Waals surface area contributed by atoms with Gasteiger partial charge in [0.1, 0.15) is 23.6 Å². The van der Waals surface area contributed by atoms with E-state index in [1.165, 1.54) is 18.4 Å². The summed E-state index contributed by atoms with van der Waals surface area (Å²) < 4.78 is 17.0. The molecule has 0 aliphatic carbocycles. The molecule has 0 unspecified atom stereocenters. The molecule has 1 aromatic heterocycles. The second-order valence-electron chi connectivity index (χ2n) is 15.2.